The Morgan fingerprint density at radius 1 is 1.37 bits per heavy atom. The molecule has 2 rings (SSSR count). The van der Waals surface area contributed by atoms with E-state index in [1.165, 1.54) is 6.92 Å². The molecule has 1 aromatic carbocycles. The highest BCUT2D eigenvalue weighted by atomic mass is 19.3. The zero-order valence-electron chi connectivity index (χ0n) is 15.3. The predicted octanol–water partition coefficient (Wildman–Crippen LogP) is 3.38. The van der Waals surface area contributed by atoms with Crippen LogP contribution in [0.25, 0.3) is 11.5 Å². The molecule has 2 aromatic rings. The monoisotopic (exact) mass is 380 g/mol. The van der Waals surface area contributed by atoms with Crippen LogP contribution in [0.15, 0.2) is 16.5 Å². The van der Waals surface area contributed by atoms with Crippen molar-refractivity contribution in [3.05, 3.63) is 35.0 Å². The molecular weight excluding hydrogens is 361 g/mol. The Bertz CT molecular complexity index is 916. The first-order chi connectivity index (χ1) is 12.4. The van der Waals surface area contributed by atoms with Crippen molar-refractivity contribution in [2.75, 3.05) is 0 Å². The van der Waals surface area contributed by atoms with Crippen molar-refractivity contribution in [2.45, 2.75) is 51.5 Å². The first-order valence-corrected chi connectivity index (χ1v) is 8.09. The molecule has 0 spiro atoms. The maximum absolute atomic E-state index is 14.5. The van der Waals surface area contributed by atoms with Crippen molar-refractivity contribution < 1.29 is 22.4 Å². The van der Waals surface area contributed by atoms with Crippen LogP contribution in [0.3, 0.4) is 0 Å². The number of Topliss-reactive ketones (excluding diaryl/α,β-unsaturated/α-hetero) is 1. The van der Waals surface area contributed by atoms with Crippen molar-refractivity contribution in [1.29, 1.82) is 5.26 Å². The Labute approximate surface area is 154 Å². The van der Waals surface area contributed by atoms with E-state index in [1.807, 2.05) is 6.07 Å². The fraction of sp³-hybridized carbons (Fsp3) is 0.444. The molecule has 0 amide bonds. The smallest absolute Gasteiger partial charge is 0.275 e. The number of hydrogen-bond acceptors (Lipinski definition) is 6. The van der Waals surface area contributed by atoms with E-state index in [4.69, 9.17) is 15.4 Å². The van der Waals surface area contributed by atoms with Gasteiger partial charge in [0.25, 0.3) is 11.8 Å². The standard InChI is InChI=1S/C18H19F3N4O2/c1-9-5-11(15-24-25-16(27-15)17(3,4)8-22)13(19)6-12(9)18(20,21)7-14(23)10(2)26/h5-6,14H,7,23H2,1-4H3. The van der Waals surface area contributed by atoms with Crippen molar-refractivity contribution in [3.8, 4) is 17.5 Å². The van der Waals surface area contributed by atoms with Crippen molar-refractivity contribution >= 4 is 5.78 Å². The van der Waals surface area contributed by atoms with Crippen LogP contribution in [0, 0.1) is 24.1 Å². The first kappa shape index (κ1) is 20.6. The van der Waals surface area contributed by atoms with Gasteiger partial charge in [-0.1, -0.05) is 0 Å². The van der Waals surface area contributed by atoms with Crippen molar-refractivity contribution in [2.24, 2.45) is 5.73 Å². The number of alkyl halides is 2. The summed E-state index contributed by atoms with van der Waals surface area (Å²) in [6, 6.07) is 2.46. The van der Waals surface area contributed by atoms with Crippen LogP contribution in [0.1, 0.15) is 44.2 Å². The van der Waals surface area contributed by atoms with Gasteiger partial charge in [-0.3, -0.25) is 4.79 Å². The summed E-state index contributed by atoms with van der Waals surface area (Å²) in [4.78, 5) is 11.2. The van der Waals surface area contributed by atoms with Gasteiger partial charge in [0.1, 0.15) is 17.0 Å². The Morgan fingerprint density at radius 2 is 2.00 bits per heavy atom. The number of nitrogens with two attached hydrogens (primary N) is 1. The Morgan fingerprint density at radius 3 is 2.56 bits per heavy atom. The number of nitriles is 1. The minimum atomic E-state index is -3.49. The maximum atomic E-state index is 14.5. The average molecular weight is 380 g/mol. The highest BCUT2D eigenvalue weighted by Crippen LogP contribution is 2.38. The lowest BCUT2D eigenvalue weighted by molar-refractivity contribution is -0.121. The number of nitrogens with zero attached hydrogens (tertiary/aromatic N) is 3. The Hall–Kier alpha value is -2.73. The van der Waals surface area contributed by atoms with E-state index >= 15 is 0 Å². The Kier molecular flexibility index (Phi) is 5.42. The van der Waals surface area contributed by atoms with E-state index in [-0.39, 0.29) is 22.9 Å². The van der Waals surface area contributed by atoms with Crippen molar-refractivity contribution in [3.63, 3.8) is 0 Å². The van der Waals surface area contributed by atoms with Crippen LogP contribution in [0.5, 0.6) is 0 Å². The average Bonchev–Trinajstić information content (AvgIpc) is 3.06. The molecule has 27 heavy (non-hydrogen) atoms. The van der Waals surface area contributed by atoms with Gasteiger partial charge in [0.05, 0.1) is 17.7 Å². The fourth-order valence-corrected chi connectivity index (χ4v) is 2.40. The molecule has 1 atom stereocenters. The number of benzene rings is 1. The van der Waals surface area contributed by atoms with E-state index in [2.05, 4.69) is 10.2 Å². The second-order valence-electron chi connectivity index (χ2n) is 6.92. The predicted molar refractivity (Wildman–Crippen MR) is 90.2 cm³/mol. The zero-order valence-corrected chi connectivity index (χ0v) is 15.3. The number of carbonyl (C=O) groups is 1. The highest BCUT2D eigenvalue weighted by molar-refractivity contribution is 5.81. The summed E-state index contributed by atoms with van der Waals surface area (Å²) >= 11 is 0. The van der Waals surface area contributed by atoms with Crippen LogP contribution in [0.2, 0.25) is 0 Å². The van der Waals surface area contributed by atoms with E-state index in [0.29, 0.717) is 6.07 Å². The van der Waals surface area contributed by atoms with E-state index < -0.39 is 41.0 Å². The number of rotatable bonds is 6. The van der Waals surface area contributed by atoms with Crippen LogP contribution in [-0.4, -0.2) is 22.0 Å². The van der Waals surface area contributed by atoms with Crippen LogP contribution in [0.4, 0.5) is 13.2 Å². The maximum Gasteiger partial charge on any atom is 0.275 e. The van der Waals surface area contributed by atoms with Gasteiger partial charge in [-0.15, -0.1) is 10.2 Å². The molecule has 0 saturated carbocycles. The molecule has 1 unspecified atom stereocenters. The second-order valence-corrected chi connectivity index (χ2v) is 6.92. The molecule has 2 N–H and O–H groups in total. The van der Waals surface area contributed by atoms with E-state index in [0.717, 1.165) is 13.0 Å². The summed E-state index contributed by atoms with van der Waals surface area (Å²) in [7, 11) is 0. The van der Waals surface area contributed by atoms with Gasteiger partial charge in [0, 0.05) is 12.0 Å². The van der Waals surface area contributed by atoms with Gasteiger partial charge >= 0.3 is 0 Å². The molecule has 9 heteroatoms. The highest BCUT2D eigenvalue weighted by Gasteiger charge is 2.37. The van der Waals surface area contributed by atoms with Gasteiger partial charge in [-0.25, -0.2) is 13.2 Å². The summed E-state index contributed by atoms with van der Waals surface area (Å²) in [5.74, 6) is -5.29. The molecule has 0 aliphatic rings. The molecule has 0 bridgehead atoms. The summed E-state index contributed by atoms with van der Waals surface area (Å²) < 4.78 is 48.8. The molecule has 1 heterocycles. The van der Waals surface area contributed by atoms with Crippen LogP contribution in [-0.2, 0) is 16.1 Å². The number of aromatic nitrogens is 2. The summed E-state index contributed by atoms with van der Waals surface area (Å²) in [6.45, 7) is 5.59. The molecule has 0 fully saturated rings. The molecule has 0 aliphatic carbocycles. The lowest BCUT2D eigenvalue weighted by Crippen LogP contribution is -2.34. The van der Waals surface area contributed by atoms with Gasteiger partial charge in [-0.05, 0) is 45.4 Å². The Balaban J connectivity index is 2.43. The topological polar surface area (TPSA) is 106 Å². The van der Waals surface area contributed by atoms with E-state index in [9.17, 15) is 18.0 Å². The minimum Gasteiger partial charge on any atom is -0.419 e. The molecule has 1 aromatic heterocycles. The summed E-state index contributed by atoms with van der Waals surface area (Å²) in [6.07, 6.45) is -0.928. The van der Waals surface area contributed by atoms with Gasteiger partial charge in [-0.2, -0.15) is 5.26 Å². The number of hydrogen-bond donors (Lipinski definition) is 1. The molecular formula is C18H19F3N4O2. The minimum absolute atomic E-state index is 0.0149. The lowest BCUT2D eigenvalue weighted by Gasteiger charge is -2.22. The number of aryl methyl sites for hydroxylation is 1. The van der Waals surface area contributed by atoms with Crippen molar-refractivity contribution in [1.82, 2.24) is 10.2 Å². The SMILES string of the molecule is CC(=O)C(N)CC(F)(F)c1cc(F)c(-c2nnc(C(C)(C)C#N)o2)cc1C. The summed E-state index contributed by atoms with van der Waals surface area (Å²) in [5.41, 5.74) is 3.69. The van der Waals surface area contributed by atoms with Gasteiger partial charge < -0.3 is 10.2 Å². The van der Waals surface area contributed by atoms with Gasteiger partial charge in [0.15, 0.2) is 0 Å². The third-order valence-electron chi connectivity index (χ3n) is 4.18. The molecule has 6 nitrogen and oxygen atoms in total. The number of ketones is 1. The summed E-state index contributed by atoms with van der Waals surface area (Å²) in [5, 5.41) is 16.5. The van der Waals surface area contributed by atoms with Crippen LogP contribution >= 0.6 is 0 Å². The van der Waals surface area contributed by atoms with Crippen LogP contribution < -0.4 is 5.73 Å². The quantitative estimate of drug-likeness (QED) is 0.823. The van der Waals surface area contributed by atoms with Gasteiger partial charge in [0.2, 0.25) is 5.89 Å². The number of carbonyl (C=O) groups excluding carboxylic acids is 1. The largest absolute Gasteiger partial charge is 0.419 e. The second kappa shape index (κ2) is 7.12. The third kappa shape index (κ3) is 4.17. The third-order valence-corrected chi connectivity index (χ3v) is 4.18. The van der Waals surface area contributed by atoms with E-state index in [1.54, 1.807) is 13.8 Å². The fourth-order valence-electron chi connectivity index (χ4n) is 2.40. The lowest BCUT2D eigenvalue weighted by atomic mass is 9.94. The molecule has 0 aliphatic heterocycles. The normalized spacial score (nSPS) is 13.3. The molecule has 0 radical (unpaired) electrons. The molecule has 144 valence electrons. The number of halogens is 3. The molecule has 0 saturated heterocycles. The first-order valence-electron chi connectivity index (χ1n) is 8.09. The zero-order chi connectivity index (χ0) is 20.6.